The highest BCUT2D eigenvalue weighted by Gasteiger charge is 2.57. The molecule has 4 aliphatic carbocycles. The third kappa shape index (κ3) is 2.57. The number of nitrogens with zero attached hydrogens (tertiary/aromatic N) is 3. The number of aliphatic imine (C=N–C) groups is 1. The highest BCUT2D eigenvalue weighted by atomic mass is 16.3. The molecular formula is C21H23N5O2. The second-order valence-electron chi connectivity index (χ2n) is 9.18. The molecule has 4 N–H and O–H groups in total. The van der Waals surface area contributed by atoms with Gasteiger partial charge in [0.05, 0.1) is 16.6 Å². The van der Waals surface area contributed by atoms with Gasteiger partial charge in [-0.2, -0.15) is 4.98 Å². The molecule has 0 spiro atoms. The van der Waals surface area contributed by atoms with E-state index in [1.807, 2.05) is 24.3 Å². The molecule has 4 saturated carbocycles. The second-order valence-corrected chi connectivity index (χ2v) is 9.18. The van der Waals surface area contributed by atoms with Crippen molar-refractivity contribution in [2.45, 2.75) is 49.7 Å². The summed E-state index contributed by atoms with van der Waals surface area (Å²) in [5.41, 5.74) is 0.735. The minimum absolute atomic E-state index is 0.0281. The smallest absolute Gasteiger partial charge is 0.238 e. The van der Waals surface area contributed by atoms with Crippen molar-refractivity contribution < 1.29 is 10.2 Å². The van der Waals surface area contributed by atoms with Gasteiger partial charge < -0.3 is 20.5 Å². The van der Waals surface area contributed by atoms with Crippen LogP contribution in [0.4, 0.5) is 11.6 Å². The number of rotatable bonds is 3. The molecule has 4 bridgehead atoms. The van der Waals surface area contributed by atoms with Crippen molar-refractivity contribution in [1.29, 1.82) is 0 Å². The van der Waals surface area contributed by atoms with Crippen LogP contribution >= 0.6 is 0 Å². The lowest BCUT2D eigenvalue weighted by Gasteiger charge is -2.60. The largest absolute Gasteiger partial charge is 0.492 e. The minimum Gasteiger partial charge on any atom is -0.492 e. The Labute approximate surface area is 162 Å². The van der Waals surface area contributed by atoms with Gasteiger partial charge in [-0.25, -0.2) is 9.98 Å². The van der Waals surface area contributed by atoms with Crippen molar-refractivity contribution in [2.75, 3.05) is 5.32 Å². The first-order chi connectivity index (χ1) is 13.5. The maximum atomic E-state index is 10.9. The average molecular weight is 377 g/mol. The summed E-state index contributed by atoms with van der Waals surface area (Å²) >= 11 is 0. The molecule has 1 aromatic carbocycles. The zero-order valence-corrected chi connectivity index (χ0v) is 15.5. The van der Waals surface area contributed by atoms with Gasteiger partial charge in [-0.05, 0) is 73.8 Å². The van der Waals surface area contributed by atoms with E-state index in [2.05, 4.69) is 25.3 Å². The Balaban J connectivity index is 1.30. The Bertz CT molecular complexity index is 1100. The molecule has 28 heavy (non-hydrogen) atoms. The Morgan fingerprint density at radius 1 is 1.18 bits per heavy atom. The number of imidazole rings is 1. The first-order valence-electron chi connectivity index (χ1n) is 9.99. The first-order valence-corrected chi connectivity index (χ1v) is 9.99. The SMILES string of the molecule is Oc1nc(NC23CC4CC(CC(O)(C4)C2)C3)[nH]c1C=c1ccc2c(c1)N=CN=2. The van der Waals surface area contributed by atoms with E-state index >= 15 is 0 Å². The van der Waals surface area contributed by atoms with Gasteiger partial charge >= 0.3 is 0 Å². The summed E-state index contributed by atoms with van der Waals surface area (Å²) in [5.74, 6) is 1.72. The number of benzene rings is 1. The molecule has 1 aromatic heterocycles. The highest BCUT2D eigenvalue weighted by Crippen LogP contribution is 2.58. The molecule has 2 aromatic rings. The van der Waals surface area contributed by atoms with Crippen LogP contribution in [-0.4, -0.2) is 37.7 Å². The van der Waals surface area contributed by atoms with Gasteiger partial charge in [0.15, 0.2) is 0 Å². The van der Waals surface area contributed by atoms with Crippen molar-refractivity contribution in [3.05, 3.63) is 34.5 Å². The summed E-state index contributed by atoms with van der Waals surface area (Å²) in [6, 6.07) is 5.79. The third-order valence-electron chi connectivity index (χ3n) is 6.83. The van der Waals surface area contributed by atoms with Gasteiger partial charge in [0.25, 0.3) is 0 Å². The molecule has 2 heterocycles. The van der Waals surface area contributed by atoms with E-state index in [1.54, 1.807) is 6.34 Å². The van der Waals surface area contributed by atoms with Crippen LogP contribution in [0.15, 0.2) is 28.2 Å². The lowest BCUT2D eigenvalue weighted by Crippen LogP contribution is -2.62. The van der Waals surface area contributed by atoms with Gasteiger partial charge in [-0.3, -0.25) is 0 Å². The van der Waals surface area contributed by atoms with Gasteiger partial charge in [-0.15, -0.1) is 0 Å². The van der Waals surface area contributed by atoms with Crippen LogP contribution < -0.4 is 15.9 Å². The van der Waals surface area contributed by atoms with Crippen LogP contribution in [0, 0.1) is 11.8 Å². The average Bonchev–Trinajstić information content (AvgIpc) is 3.18. The van der Waals surface area contributed by atoms with Crippen LogP contribution in [0.2, 0.25) is 0 Å². The zero-order valence-electron chi connectivity index (χ0n) is 15.5. The van der Waals surface area contributed by atoms with Crippen molar-refractivity contribution in [3.63, 3.8) is 0 Å². The van der Waals surface area contributed by atoms with Crippen molar-refractivity contribution in [3.8, 4) is 5.88 Å². The fourth-order valence-electron chi connectivity index (χ4n) is 6.31. The molecule has 4 fully saturated rings. The molecule has 2 unspecified atom stereocenters. The van der Waals surface area contributed by atoms with E-state index in [0.717, 1.165) is 48.4 Å². The van der Waals surface area contributed by atoms with Gasteiger partial charge in [0.1, 0.15) is 12.0 Å². The minimum atomic E-state index is -0.531. The van der Waals surface area contributed by atoms with Crippen LogP contribution in [0.1, 0.15) is 44.2 Å². The van der Waals surface area contributed by atoms with Crippen molar-refractivity contribution in [2.24, 2.45) is 21.8 Å². The van der Waals surface area contributed by atoms with E-state index in [9.17, 15) is 10.2 Å². The molecule has 7 rings (SSSR count). The number of hydrogen-bond acceptors (Lipinski definition) is 6. The van der Waals surface area contributed by atoms with Crippen LogP contribution in [0.3, 0.4) is 0 Å². The Kier molecular flexibility index (Phi) is 3.17. The zero-order chi connectivity index (χ0) is 18.9. The number of hydrogen-bond donors (Lipinski definition) is 4. The summed E-state index contributed by atoms with van der Waals surface area (Å²) < 4.78 is 0. The fraction of sp³-hybridized carbons (Fsp3) is 0.476. The fourth-order valence-corrected chi connectivity index (χ4v) is 6.31. The highest BCUT2D eigenvalue weighted by molar-refractivity contribution is 5.67. The summed E-state index contributed by atoms with van der Waals surface area (Å²) in [6.45, 7) is 0. The number of H-pyrrole nitrogens is 1. The Morgan fingerprint density at radius 3 is 2.79 bits per heavy atom. The molecule has 2 atom stereocenters. The summed E-state index contributed by atoms with van der Waals surface area (Å²) in [7, 11) is 0. The van der Waals surface area contributed by atoms with E-state index in [-0.39, 0.29) is 11.4 Å². The normalized spacial score (nSPS) is 35.2. The lowest BCUT2D eigenvalue weighted by molar-refractivity contribution is -0.127. The van der Waals surface area contributed by atoms with Crippen LogP contribution in [0.5, 0.6) is 5.88 Å². The van der Waals surface area contributed by atoms with Crippen molar-refractivity contribution >= 4 is 24.1 Å². The third-order valence-corrected chi connectivity index (χ3v) is 6.83. The van der Waals surface area contributed by atoms with E-state index < -0.39 is 5.60 Å². The maximum absolute atomic E-state index is 10.9. The van der Waals surface area contributed by atoms with E-state index in [0.29, 0.717) is 23.5 Å². The molecule has 144 valence electrons. The standard InChI is InChI=1S/C21H23N5O2/c27-18-17(5-12-1-2-15-16(4-12)23-11-22-15)24-19(25-18)26-20-6-13-3-14(7-20)9-21(28,8-13)10-20/h1-2,4-5,11,13-14,27-28H,3,6-10H2,(H2,24,25,26). The first kappa shape index (κ1) is 16.3. The predicted molar refractivity (Wildman–Crippen MR) is 105 cm³/mol. The topological polar surface area (TPSA) is 106 Å². The number of nitrogens with one attached hydrogen (secondary N) is 2. The summed E-state index contributed by atoms with van der Waals surface area (Å²) in [4.78, 5) is 15.9. The van der Waals surface area contributed by atoms with E-state index in [1.165, 1.54) is 6.42 Å². The van der Waals surface area contributed by atoms with Gasteiger partial charge in [0.2, 0.25) is 11.8 Å². The number of aliphatic hydroxyl groups is 1. The molecule has 0 saturated heterocycles. The predicted octanol–water partition coefficient (Wildman–Crippen LogP) is 1.73. The van der Waals surface area contributed by atoms with Gasteiger partial charge in [-0.1, -0.05) is 6.07 Å². The van der Waals surface area contributed by atoms with E-state index in [4.69, 9.17) is 0 Å². The van der Waals surface area contributed by atoms with Crippen LogP contribution in [0.25, 0.3) is 6.08 Å². The maximum Gasteiger partial charge on any atom is 0.238 e. The molecule has 7 heteroatoms. The second kappa shape index (κ2) is 5.44. The summed E-state index contributed by atoms with van der Waals surface area (Å²) in [6.07, 6.45) is 9.40. The molecule has 0 amide bonds. The number of fused-ring (bicyclic) bond motifs is 1. The van der Waals surface area contributed by atoms with Crippen LogP contribution in [-0.2, 0) is 0 Å². The van der Waals surface area contributed by atoms with Gasteiger partial charge in [0, 0.05) is 5.54 Å². The summed E-state index contributed by atoms with van der Waals surface area (Å²) in [5, 5.41) is 26.6. The van der Waals surface area contributed by atoms with Crippen molar-refractivity contribution in [1.82, 2.24) is 9.97 Å². The molecular weight excluding hydrogens is 354 g/mol. The number of anilines is 1. The Hall–Kier alpha value is -2.67. The molecule has 7 nitrogen and oxygen atoms in total. The molecule has 0 radical (unpaired) electrons. The number of aromatic nitrogens is 2. The lowest BCUT2D eigenvalue weighted by atomic mass is 9.51. The number of aromatic hydroxyl groups is 1. The Morgan fingerprint density at radius 2 is 2.00 bits per heavy atom. The number of aromatic amines is 1. The molecule has 5 aliphatic rings. The quantitative estimate of drug-likeness (QED) is 0.654. The molecule has 1 aliphatic heterocycles. The monoisotopic (exact) mass is 377 g/mol.